The molecule has 1 heterocycles. The third-order valence-electron chi connectivity index (χ3n) is 5.50. The molecule has 170 valence electrons. The van der Waals surface area contributed by atoms with Crippen LogP contribution in [0, 0.1) is 0 Å². The van der Waals surface area contributed by atoms with Gasteiger partial charge in [0.1, 0.15) is 5.75 Å². The maximum absolute atomic E-state index is 12.8. The van der Waals surface area contributed by atoms with Crippen molar-refractivity contribution in [1.29, 1.82) is 0 Å². The van der Waals surface area contributed by atoms with E-state index >= 15 is 0 Å². The number of hydrogen-bond donors (Lipinski definition) is 0. The van der Waals surface area contributed by atoms with Gasteiger partial charge < -0.3 is 18.6 Å². The molecule has 1 aromatic rings. The van der Waals surface area contributed by atoms with Crippen LogP contribution in [-0.4, -0.2) is 45.0 Å². The summed E-state index contributed by atoms with van der Waals surface area (Å²) in [5.74, 6) is 0.133. The third kappa shape index (κ3) is 6.35. The summed E-state index contributed by atoms with van der Waals surface area (Å²) in [6, 6.07) is 5.14. The van der Waals surface area contributed by atoms with Crippen LogP contribution in [0.15, 0.2) is 18.2 Å². The average Bonchev–Trinajstić information content (AvgIpc) is 2.59. The molecule has 0 saturated carbocycles. The Hall–Kier alpha value is -0.813. The number of alkyl halides is 3. The van der Waals surface area contributed by atoms with Crippen LogP contribution in [0.5, 0.6) is 5.75 Å². The van der Waals surface area contributed by atoms with Gasteiger partial charge in [0, 0.05) is 11.1 Å². The lowest BCUT2D eigenvalue weighted by atomic mass is 9.90. The lowest BCUT2D eigenvalue weighted by Gasteiger charge is -2.41. The highest BCUT2D eigenvalue weighted by molar-refractivity contribution is 8.22. The molecular formula is C20H29F3O4S2Si. The van der Waals surface area contributed by atoms with E-state index in [9.17, 15) is 13.2 Å². The smallest absolute Gasteiger partial charge is 0.422 e. The maximum Gasteiger partial charge on any atom is 0.422 e. The molecule has 1 aromatic carbocycles. The van der Waals surface area contributed by atoms with Crippen LogP contribution in [0.25, 0.3) is 0 Å². The van der Waals surface area contributed by atoms with Gasteiger partial charge in [-0.05, 0) is 42.7 Å². The third-order valence-corrected chi connectivity index (χ3v) is 11.0. The maximum atomic E-state index is 12.8. The molecule has 1 saturated heterocycles. The normalized spacial score (nSPS) is 16.7. The molecular weight excluding hydrogens is 453 g/mol. The Morgan fingerprint density at radius 1 is 1.23 bits per heavy atom. The number of hydrogen-bond acceptors (Lipinski definition) is 6. The molecule has 0 radical (unpaired) electrons. The minimum atomic E-state index is -4.44. The summed E-state index contributed by atoms with van der Waals surface area (Å²) in [7, 11) is -2.09. The summed E-state index contributed by atoms with van der Waals surface area (Å²) in [4.78, 5) is 0. The number of thiocarbonyl (C=S) groups is 1. The fourth-order valence-corrected chi connectivity index (χ4v) is 3.85. The van der Waals surface area contributed by atoms with E-state index in [0.717, 1.165) is 0 Å². The van der Waals surface area contributed by atoms with Crippen LogP contribution in [0.4, 0.5) is 13.2 Å². The van der Waals surface area contributed by atoms with Crippen LogP contribution in [-0.2, 0) is 26.1 Å². The summed E-state index contributed by atoms with van der Waals surface area (Å²) in [6.45, 7) is 9.85. The van der Waals surface area contributed by atoms with Crippen molar-refractivity contribution in [2.24, 2.45) is 0 Å². The average molecular weight is 483 g/mol. The van der Waals surface area contributed by atoms with E-state index in [0.29, 0.717) is 15.5 Å². The van der Waals surface area contributed by atoms with Gasteiger partial charge in [0.15, 0.2) is 20.5 Å². The Labute approximate surface area is 186 Å². The fourth-order valence-electron chi connectivity index (χ4n) is 2.50. The zero-order valence-corrected chi connectivity index (χ0v) is 20.8. The van der Waals surface area contributed by atoms with Gasteiger partial charge in [-0.15, -0.1) is 0 Å². The van der Waals surface area contributed by atoms with E-state index < -0.39 is 26.7 Å². The number of benzene rings is 1. The largest absolute Gasteiger partial charge is 0.484 e. The first-order valence-electron chi connectivity index (χ1n) is 9.51. The molecule has 0 bridgehead atoms. The predicted octanol–water partition coefficient (Wildman–Crippen LogP) is 6.04. The zero-order chi connectivity index (χ0) is 22.8. The zero-order valence-electron chi connectivity index (χ0n) is 18.1. The van der Waals surface area contributed by atoms with Crippen LogP contribution >= 0.6 is 24.0 Å². The van der Waals surface area contributed by atoms with Crippen molar-refractivity contribution in [2.45, 2.75) is 57.3 Å². The van der Waals surface area contributed by atoms with Crippen molar-refractivity contribution >= 4 is 36.7 Å². The first-order chi connectivity index (χ1) is 13.7. The molecule has 0 atom stereocenters. The fraction of sp³-hybridized carbons (Fsp3) is 0.650. The molecule has 0 unspecified atom stereocenters. The second-order valence-electron chi connectivity index (χ2n) is 8.82. The summed E-state index contributed by atoms with van der Waals surface area (Å²) < 4.78 is 61.4. The number of rotatable bonds is 7. The second kappa shape index (κ2) is 9.36. The Morgan fingerprint density at radius 3 is 2.33 bits per heavy atom. The molecule has 1 aliphatic heterocycles. The number of halogens is 3. The lowest BCUT2D eigenvalue weighted by molar-refractivity contribution is -0.172. The minimum Gasteiger partial charge on any atom is -0.484 e. The predicted molar refractivity (Wildman–Crippen MR) is 120 cm³/mol. The van der Waals surface area contributed by atoms with E-state index in [1.807, 2.05) is 6.07 Å². The van der Waals surface area contributed by atoms with E-state index in [1.165, 1.54) is 11.8 Å². The van der Waals surface area contributed by atoms with Gasteiger partial charge in [0.25, 0.3) is 0 Å². The number of ether oxygens (including phenoxy) is 3. The molecule has 10 heteroatoms. The van der Waals surface area contributed by atoms with Crippen molar-refractivity contribution in [2.75, 3.05) is 26.1 Å². The first-order valence-corrected chi connectivity index (χ1v) is 14.0. The molecule has 4 nitrogen and oxygen atoms in total. The molecule has 0 amide bonds. The standard InChI is InChI=1S/C20H29F3O4S2Si/c1-18(2,3)30(5,6)26-10-14-7-8-15(9-16(14)25-13-20(21,22)23)19(11-24-12-19)27-17(28)29-4/h7-9H,10-13H2,1-6H3. The van der Waals surface area contributed by atoms with Crippen molar-refractivity contribution in [3.8, 4) is 5.75 Å². The van der Waals surface area contributed by atoms with Gasteiger partial charge in [-0.3, -0.25) is 0 Å². The Kier molecular flexibility index (Phi) is 7.94. The van der Waals surface area contributed by atoms with Gasteiger partial charge in [0.05, 0.1) is 19.8 Å². The van der Waals surface area contributed by atoms with E-state index in [4.69, 9.17) is 30.9 Å². The van der Waals surface area contributed by atoms with E-state index in [-0.39, 0.29) is 30.6 Å². The lowest BCUT2D eigenvalue weighted by Crippen LogP contribution is -2.49. The monoisotopic (exact) mass is 482 g/mol. The van der Waals surface area contributed by atoms with Gasteiger partial charge in [0.2, 0.25) is 4.38 Å². The second-order valence-corrected chi connectivity index (χ2v) is 15.0. The summed E-state index contributed by atoms with van der Waals surface area (Å²) >= 11 is 6.46. The molecule has 2 rings (SSSR count). The van der Waals surface area contributed by atoms with Gasteiger partial charge in [-0.25, -0.2) is 0 Å². The van der Waals surface area contributed by atoms with Crippen LogP contribution in [0.2, 0.25) is 18.1 Å². The van der Waals surface area contributed by atoms with E-state index in [1.54, 1.807) is 18.4 Å². The van der Waals surface area contributed by atoms with Crippen molar-refractivity contribution in [1.82, 2.24) is 0 Å². The molecule has 1 aliphatic rings. The van der Waals surface area contributed by atoms with Crippen LogP contribution < -0.4 is 4.74 Å². The topological polar surface area (TPSA) is 36.9 Å². The van der Waals surface area contributed by atoms with Gasteiger partial charge in [-0.1, -0.05) is 44.7 Å². The summed E-state index contributed by atoms with van der Waals surface area (Å²) in [5.41, 5.74) is 0.420. The minimum absolute atomic E-state index is 0.0192. The van der Waals surface area contributed by atoms with Crippen molar-refractivity contribution in [3.63, 3.8) is 0 Å². The highest BCUT2D eigenvalue weighted by Crippen LogP contribution is 2.40. The SMILES string of the molecule is CSC(=S)OC1(c2ccc(CO[Si](C)(C)C(C)(C)C)c(OCC(F)(F)F)c2)COC1. The molecule has 1 fully saturated rings. The Morgan fingerprint density at radius 2 is 1.87 bits per heavy atom. The molecule has 0 N–H and O–H groups in total. The van der Waals surface area contributed by atoms with Crippen LogP contribution in [0.3, 0.4) is 0 Å². The Balaban J connectivity index is 2.32. The molecule has 30 heavy (non-hydrogen) atoms. The molecule has 0 aromatic heterocycles. The number of thioether (sulfide) groups is 1. The Bertz CT molecular complexity index is 759. The summed E-state index contributed by atoms with van der Waals surface area (Å²) in [5, 5.41) is -0.0192. The highest BCUT2D eigenvalue weighted by atomic mass is 32.2. The first kappa shape index (κ1) is 25.4. The van der Waals surface area contributed by atoms with Gasteiger partial charge >= 0.3 is 6.18 Å². The van der Waals surface area contributed by atoms with Crippen molar-refractivity contribution in [3.05, 3.63) is 29.3 Å². The van der Waals surface area contributed by atoms with E-state index in [2.05, 4.69) is 33.9 Å². The summed E-state index contributed by atoms with van der Waals surface area (Å²) in [6.07, 6.45) is -2.64. The van der Waals surface area contributed by atoms with Crippen molar-refractivity contribution < 1.29 is 31.8 Å². The van der Waals surface area contributed by atoms with Gasteiger partial charge in [-0.2, -0.15) is 13.2 Å². The van der Waals surface area contributed by atoms with Crippen LogP contribution in [0.1, 0.15) is 31.9 Å². The molecule has 0 spiro atoms. The molecule has 0 aliphatic carbocycles. The highest BCUT2D eigenvalue weighted by Gasteiger charge is 2.44. The quantitative estimate of drug-likeness (QED) is 0.348.